The summed E-state index contributed by atoms with van der Waals surface area (Å²) in [6, 6.07) is 0. The number of unbranched alkanes of at least 4 members (excludes halogenated alkanes) is 28. The SMILES string of the molecule is CCCCCCCCC(CCCCCCCC)C(=O)OCCCCCCC(O)(CCCCCCC)CCCCN(CCC)CCC.CCCCCCCCC(CCCCCCCC)C(C)=O. The van der Waals surface area contributed by atoms with E-state index in [1.807, 2.05) is 0 Å². The summed E-state index contributed by atoms with van der Waals surface area (Å²) in [7, 11) is 0. The molecular weight excluding hydrogens is 811 g/mol. The number of rotatable bonds is 52. The van der Waals surface area contributed by atoms with Crippen LogP contribution in [0.25, 0.3) is 0 Å². The molecule has 0 heterocycles. The predicted molar refractivity (Wildman–Crippen MR) is 293 cm³/mol. The fourth-order valence-electron chi connectivity index (χ4n) is 10.0. The van der Waals surface area contributed by atoms with Gasteiger partial charge in [-0.1, -0.05) is 254 Å². The molecule has 0 aliphatic rings. The Morgan fingerprint density at radius 3 is 1.03 bits per heavy atom. The third kappa shape index (κ3) is 46.8. The van der Waals surface area contributed by atoms with Crippen LogP contribution >= 0.6 is 0 Å². The van der Waals surface area contributed by atoms with E-state index in [2.05, 4.69) is 53.4 Å². The number of Topliss-reactive ketones (excluding diaryl/α,β-unsaturated/α-hetero) is 1. The fraction of sp³-hybridized carbons (Fsp3) is 0.967. The number of ether oxygens (including phenoxy) is 1. The minimum atomic E-state index is -0.501. The van der Waals surface area contributed by atoms with Crippen LogP contribution < -0.4 is 0 Å². The molecule has 1 atom stereocenters. The molecule has 0 rings (SSSR count). The summed E-state index contributed by atoms with van der Waals surface area (Å²) in [5.74, 6) is 0.941. The molecule has 0 spiro atoms. The van der Waals surface area contributed by atoms with Crippen LogP contribution in [0.1, 0.15) is 338 Å². The number of esters is 1. The molecule has 0 aliphatic heterocycles. The van der Waals surface area contributed by atoms with E-state index < -0.39 is 5.60 Å². The van der Waals surface area contributed by atoms with Gasteiger partial charge in [-0.3, -0.25) is 9.59 Å². The minimum absolute atomic E-state index is 0.0657. The highest BCUT2D eigenvalue weighted by Gasteiger charge is 2.25. The lowest BCUT2D eigenvalue weighted by Gasteiger charge is -2.29. The zero-order valence-electron chi connectivity index (χ0n) is 46.7. The zero-order valence-corrected chi connectivity index (χ0v) is 46.7. The number of hydrogen-bond donors (Lipinski definition) is 1. The van der Waals surface area contributed by atoms with Crippen LogP contribution in [0, 0.1) is 11.8 Å². The Balaban J connectivity index is 0. The topological polar surface area (TPSA) is 66.8 Å². The zero-order chi connectivity index (χ0) is 49.0. The number of aliphatic hydroxyl groups is 1. The van der Waals surface area contributed by atoms with Crippen molar-refractivity contribution in [1.29, 1.82) is 0 Å². The van der Waals surface area contributed by atoms with E-state index in [1.165, 1.54) is 206 Å². The maximum absolute atomic E-state index is 13.0. The first kappa shape index (κ1) is 67.1. The van der Waals surface area contributed by atoms with Gasteiger partial charge in [-0.05, 0) is 104 Å². The van der Waals surface area contributed by atoms with Crippen LogP contribution in [-0.4, -0.2) is 53.6 Å². The van der Waals surface area contributed by atoms with Crippen molar-refractivity contribution in [1.82, 2.24) is 4.90 Å². The Kier molecular flexibility index (Phi) is 54.3. The van der Waals surface area contributed by atoms with E-state index in [-0.39, 0.29) is 11.9 Å². The van der Waals surface area contributed by atoms with Crippen molar-refractivity contribution in [3.63, 3.8) is 0 Å². The predicted octanol–water partition coefficient (Wildman–Crippen LogP) is 19.7. The quantitative estimate of drug-likeness (QED) is 0.0486. The summed E-state index contributed by atoms with van der Waals surface area (Å²) in [5.41, 5.74) is -0.501. The van der Waals surface area contributed by atoms with Gasteiger partial charge < -0.3 is 14.7 Å². The van der Waals surface area contributed by atoms with Crippen molar-refractivity contribution in [2.24, 2.45) is 11.8 Å². The monoisotopic (exact) mass is 934 g/mol. The van der Waals surface area contributed by atoms with E-state index in [0.717, 1.165) is 96.3 Å². The Morgan fingerprint density at radius 1 is 0.379 bits per heavy atom. The number of nitrogens with zero attached hydrogens (tertiary/aromatic N) is 1. The van der Waals surface area contributed by atoms with Gasteiger partial charge >= 0.3 is 5.97 Å². The van der Waals surface area contributed by atoms with Gasteiger partial charge in [-0.15, -0.1) is 0 Å². The second kappa shape index (κ2) is 53.4. The molecule has 0 aromatic heterocycles. The van der Waals surface area contributed by atoms with Gasteiger partial charge in [-0.25, -0.2) is 0 Å². The van der Waals surface area contributed by atoms with Gasteiger partial charge in [0.05, 0.1) is 18.1 Å². The molecule has 0 amide bonds. The number of carbonyl (C=O) groups is 2. The first-order chi connectivity index (χ1) is 32.2. The Labute approximate surface area is 416 Å². The van der Waals surface area contributed by atoms with Crippen molar-refractivity contribution in [3.05, 3.63) is 0 Å². The molecule has 0 saturated heterocycles. The lowest BCUT2D eigenvalue weighted by atomic mass is 9.85. The first-order valence-corrected chi connectivity index (χ1v) is 30.3. The minimum Gasteiger partial charge on any atom is -0.465 e. The van der Waals surface area contributed by atoms with Gasteiger partial charge in [0.25, 0.3) is 0 Å². The summed E-state index contributed by atoms with van der Waals surface area (Å²) in [6.07, 6.45) is 53.7. The summed E-state index contributed by atoms with van der Waals surface area (Å²) in [5, 5.41) is 11.7. The Bertz CT molecular complexity index is 933. The third-order valence-corrected chi connectivity index (χ3v) is 14.5. The van der Waals surface area contributed by atoms with Crippen molar-refractivity contribution in [2.45, 2.75) is 344 Å². The molecule has 1 unspecified atom stereocenters. The van der Waals surface area contributed by atoms with Gasteiger partial charge in [0.15, 0.2) is 0 Å². The fourth-order valence-corrected chi connectivity index (χ4v) is 10.0. The highest BCUT2D eigenvalue weighted by atomic mass is 16.5. The highest BCUT2D eigenvalue weighted by Crippen LogP contribution is 2.29. The van der Waals surface area contributed by atoms with Crippen molar-refractivity contribution in [3.8, 4) is 0 Å². The molecule has 1 N–H and O–H groups in total. The molecule has 0 bridgehead atoms. The van der Waals surface area contributed by atoms with Gasteiger partial charge in [0.2, 0.25) is 0 Å². The third-order valence-electron chi connectivity index (χ3n) is 14.5. The van der Waals surface area contributed by atoms with Crippen molar-refractivity contribution < 1.29 is 19.4 Å². The maximum Gasteiger partial charge on any atom is 0.308 e. The molecule has 5 nitrogen and oxygen atoms in total. The molecule has 0 saturated carbocycles. The smallest absolute Gasteiger partial charge is 0.308 e. The largest absolute Gasteiger partial charge is 0.465 e. The first-order valence-electron chi connectivity index (χ1n) is 30.3. The second-order valence-corrected chi connectivity index (χ2v) is 21.2. The van der Waals surface area contributed by atoms with E-state index in [0.29, 0.717) is 18.3 Å². The van der Waals surface area contributed by atoms with Crippen molar-refractivity contribution in [2.75, 3.05) is 26.2 Å². The number of carbonyl (C=O) groups excluding carboxylic acids is 2. The summed E-state index contributed by atoms with van der Waals surface area (Å²) in [4.78, 5) is 27.3. The number of ketones is 1. The van der Waals surface area contributed by atoms with Gasteiger partial charge in [0, 0.05) is 5.92 Å². The molecule has 66 heavy (non-hydrogen) atoms. The highest BCUT2D eigenvalue weighted by molar-refractivity contribution is 5.78. The molecule has 0 aromatic carbocycles. The van der Waals surface area contributed by atoms with Crippen LogP contribution in [0.15, 0.2) is 0 Å². The summed E-state index contributed by atoms with van der Waals surface area (Å²) in [6.45, 7) is 21.8. The molecule has 5 heteroatoms. The van der Waals surface area contributed by atoms with Crippen LogP contribution in [0.2, 0.25) is 0 Å². The standard InChI is InChI=1S/C42H85NO3.C19H38O/c1-6-11-14-17-19-24-31-40(32-25-20-18-15-12-7-2)41(44)46-39-30-23-22-27-34-42(45,33-26-21-16-13-8-3)35-28-29-38-43(36-9-4)37-10-5;1-4-6-8-10-12-14-16-19(18(3)20)17-15-13-11-9-7-5-2/h40,45H,6-39H2,1-5H3;19H,4-17H2,1-3H3. The van der Waals surface area contributed by atoms with Crippen LogP contribution in [-0.2, 0) is 14.3 Å². The van der Waals surface area contributed by atoms with Crippen LogP contribution in [0.5, 0.6) is 0 Å². The molecular formula is C61H123NO4. The molecule has 0 radical (unpaired) electrons. The maximum atomic E-state index is 13.0. The van der Waals surface area contributed by atoms with Crippen LogP contribution in [0.3, 0.4) is 0 Å². The second-order valence-electron chi connectivity index (χ2n) is 21.2. The van der Waals surface area contributed by atoms with Gasteiger partial charge in [-0.2, -0.15) is 0 Å². The Hall–Kier alpha value is -0.940. The molecule has 0 fully saturated rings. The van der Waals surface area contributed by atoms with Gasteiger partial charge in [0.1, 0.15) is 5.78 Å². The Morgan fingerprint density at radius 2 is 0.682 bits per heavy atom. The normalized spacial score (nSPS) is 12.5. The summed E-state index contributed by atoms with van der Waals surface area (Å²) >= 11 is 0. The average molecular weight is 935 g/mol. The molecule has 396 valence electrons. The van der Waals surface area contributed by atoms with E-state index >= 15 is 0 Å². The van der Waals surface area contributed by atoms with E-state index in [4.69, 9.17) is 4.74 Å². The lowest BCUT2D eigenvalue weighted by molar-refractivity contribution is -0.149. The van der Waals surface area contributed by atoms with E-state index in [1.54, 1.807) is 6.92 Å². The number of hydrogen-bond acceptors (Lipinski definition) is 5. The summed E-state index contributed by atoms with van der Waals surface area (Å²) < 4.78 is 5.86. The average Bonchev–Trinajstić information content (AvgIpc) is 3.30. The molecule has 0 aromatic rings. The lowest BCUT2D eigenvalue weighted by Crippen LogP contribution is -2.30. The van der Waals surface area contributed by atoms with Crippen molar-refractivity contribution >= 4 is 11.8 Å². The molecule has 0 aliphatic carbocycles. The van der Waals surface area contributed by atoms with E-state index in [9.17, 15) is 14.7 Å². The van der Waals surface area contributed by atoms with Crippen LogP contribution in [0.4, 0.5) is 0 Å².